The van der Waals surface area contributed by atoms with Gasteiger partial charge in [0, 0.05) is 5.56 Å². The van der Waals surface area contributed by atoms with Crippen molar-refractivity contribution in [2.24, 2.45) is 0 Å². The Morgan fingerprint density at radius 1 is 0.865 bits per heavy atom. The molecule has 1 aliphatic heterocycles. The molecule has 7 heteroatoms. The first-order chi connectivity index (χ1) is 18.0. The lowest BCUT2D eigenvalue weighted by Gasteiger charge is -2.29. The molecule has 0 bridgehead atoms. The number of fused-ring (bicyclic) bond motifs is 1. The van der Waals surface area contributed by atoms with E-state index in [4.69, 9.17) is 21.7 Å². The summed E-state index contributed by atoms with van der Waals surface area (Å²) in [5, 5.41) is 4.44. The van der Waals surface area contributed by atoms with E-state index in [9.17, 15) is 9.59 Å². The van der Waals surface area contributed by atoms with Crippen molar-refractivity contribution in [3.05, 3.63) is 115 Å². The van der Waals surface area contributed by atoms with Gasteiger partial charge in [-0.2, -0.15) is 0 Å². The number of para-hydroxylation sites is 1. The summed E-state index contributed by atoms with van der Waals surface area (Å²) in [5.74, 6) is 0.728. The number of amides is 2. The molecule has 5 rings (SSSR count). The Kier molecular flexibility index (Phi) is 6.78. The van der Waals surface area contributed by atoms with Crippen LogP contribution in [0.15, 0.2) is 109 Å². The molecule has 1 fully saturated rings. The third-order valence-corrected chi connectivity index (χ3v) is 6.04. The van der Waals surface area contributed by atoms with Crippen molar-refractivity contribution in [2.45, 2.75) is 0 Å². The van der Waals surface area contributed by atoms with Crippen LogP contribution in [0.25, 0.3) is 16.8 Å². The Labute approximate surface area is 219 Å². The molecule has 0 unspecified atom stereocenters. The minimum atomic E-state index is -0.571. The third-order valence-electron chi connectivity index (χ3n) is 5.75. The molecule has 37 heavy (non-hydrogen) atoms. The quantitative estimate of drug-likeness (QED) is 0.144. The maximum absolute atomic E-state index is 13.6. The van der Waals surface area contributed by atoms with Gasteiger partial charge in [0.1, 0.15) is 29.4 Å². The molecule has 0 spiro atoms. The number of thiocarbonyl (C=S) groups is 1. The van der Waals surface area contributed by atoms with Gasteiger partial charge in [0.15, 0.2) is 5.11 Å². The van der Waals surface area contributed by atoms with Crippen LogP contribution in [-0.2, 0) is 9.59 Å². The predicted molar refractivity (Wildman–Crippen MR) is 149 cm³/mol. The number of nitrogens with zero attached hydrogens (tertiary/aromatic N) is 1. The van der Waals surface area contributed by atoms with E-state index >= 15 is 0 Å². The second kappa shape index (κ2) is 10.5. The van der Waals surface area contributed by atoms with Crippen LogP contribution >= 0.6 is 12.2 Å². The number of benzene rings is 4. The Bertz CT molecular complexity index is 1550. The van der Waals surface area contributed by atoms with Gasteiger partial charge < -0.3 is 9.47 Å². The highest BCUT2D eigenvalue weighted by molar-refractivity contribution is 7.80. The maximum atomic E-state index is 13.6. The summed E-state index contributed by atoms with van der Waals surface area (Å²) >= 11 is 5.36. The fourth-order valence-electron chi connectivity index (χ4n) is 4.02. The van der Waals surface area contributed by atoms with Gasteiger partial charge in [-0.1, -0.05) is 61.2 Å². The van der Waals surface area contributed by atoms with Crippen LogP contribution in [0.4, 0.5) is 5.69 Å². The van der Waals surface area contributed by atoms with E-state index in [0.717, 1.165) is 10.8 Å². The number of hydrogen-bond acceptors (Lipinski definition) is 5. The zero-order valence-corrected chi connectivity index (χ0v) is 20.5. The summed E-state index contributed by atoms with van der Waals surface area (Å²) < 4.78 is 11.7. The fraction of sp³-hybridized carbons (Fsp3) is 0.0333. The van der Waals surface area contributed by atoms with Crippen molar-refractivity contribution >= 4 is 51.7 Å². The van der Waals surface area contributed by atoms with Crippen LogP contribution in [0, 0.1) is 0 Å². The summed E-state index contributed by atoms with van der Waals surface area (Å²) in [6.07, 6.45) is 3.19. The van der Waals surface area contributed by atoms with Crippen molar-refractivity contribution in [1.29, 1.82) is 0 Å². The van der Waals surface area contributed by atoms with Gasteiger partial charge in [-0.25, -0.2) is 0 Å². The Hall–Kier alpha value is -4.75. The number of carbonyl (C=O) groups excluding carboxylic acids is 2. The smallest absolute Gasteiger partial charge is 0.270 e. The number of carbonyl (C=O) groups is 2. The van der Waals surface area contributed by atoms with E-state index in [1.54, 1.807) is 36.4 Å². The van der Waals surface area contributed by atoms with Crippen LogP contribution in [0.5, 0.6) is 17.2 Å². The predicted octanol–water partition coefficient (Wildman–Crippen LogP) is 6.03. The average Bonchev–Trinajstić information content (AvgIpc) is 2.91. The molecule has 4 aromatic carbocycles. The number of ether oxygens (including phenoxy) is 2. The highest BCUT2D eigenvalue weighted by atomic mass is 32.1. The van der Waals surface area contributed by atoms with Crippen molar-refractivity contribution in [1.82, 2.24) is 5.32 Å². The molecule has 1 saturated heterocycles. The van der Waals surface area contributed by atoms with Gasteiger partial charge in [-0.3, -0.25) is 19.8 Å². The summed E-state index contributed by atoms with van der Waals surface area (Å²) in [6, 6.07) is 27.7. The summed E-state index contributed by atoms with van der Waals surface area (Å²) in [4.78, 5) is 27.8. The van der Waals surface area contributed by atoms with Crippen molar-refractivity contribution in [3.63, 3.8) is 0 Å². The zero-order valence-electron chi connectivity index (χ0n) is 19.7. The molecule has 0 aromatic heterocycles. The zero-order chi connectivity index (χ0) is 25.8. The minimum Gasteiger partial charge on any atom is -0.489 e. The molecular weight excluding hydrogens is 484 g/mol. The lowest BCUT2D eigenvalue weighted by Crippen LogP contribution is -2.54. The number of hydrogen-bond donors (Lipinski definition) is 1. The topological polar surface area (TPSA) is 67.9 Å². The van der Waals surface area contributed by atoms with Crippen LogP contribution in [0.1, 0.15) is 5.56 Å². The summed E-state index contributed by atoms with van der Waals surface area (Å²) in [5.41, 5.74) is 1.07. The maximum Gasteiger partial charge on any atom is 0.270 e. The van der Waals surface area contributed by atoms with E-state index in [0.29, 0.717) is 28.5 Å². The van der Waals surface area contributed by atoms with E-state index in [1.807, 2.05) is 66.7 Å². The molecular formula is C30H22N2O4S. The van der Waals surface area contributed by atoms with Gasteiger partial charge in [0.2, 0.25) is 0 Å². The monoisotopic (exact) mass is 506 g/mol. The normalized spacial score (nSPS) is 14.5. The van der Waals surface area contributed by atoms with Crippen molar-refractivity contribution in [3.8, 4) is 17.2 Å². The second-order valence-electron chi connectivity index (χ2n) is 8.17. The molecule has 1 aliphatic rings. The summed E-state index contributed by atoms with van der Waals surface area (Å²) in [7, 11) is 0. The lowest BCUT2D eigenvalue weighted by atomic mass is 9.99. The van der Waals surface area contributed by atoms with E-state index < -0.39 is 11.8 Å². The Morgan fingerprint density at radius 2 is 1.57 bits per heavy atom. The minimum absolute atomic E-state index is 0.00456. The van der Waals surface area contributed by atoms with Crippen molar-refractivity contribution in [2.75, 3.05) is 11.5 Å². The molecule has 6 nitrogen and oxygen atoms in total. The number of rotatable bonds is 7. The van der Waals surface area contributed by atoms with Gasteiger partial charge in [0.05, 0.1) is 5.69 Å². The van der Waals surface area contributed by atoms with Crippen LogP contribution in [-0.4, -0.2) is 23.5 Å². The molecule has 4 aromatic rings. The second-order valence-corrected chi connectivity index (χ2v) is 8.55. The molecule has 1 N–H and O–H groups in total. The first-order valence-electron chi connectivity index (χ1n) is 11.5. The molecule has 182 valence electrons. The molecule has 0 atom stereocenters. The Balaban J connectivity index is 1.50. The number of nitrogens with one attached hydrogen (secondary N) is 1. The van der Waals surface area contributed by atoms with Gasteiger partial charge in [-0.15, -0.1) is 0 Å². The van der Waals surface area contributed by atoms with Crippen LogP contribution in [0.3, 0.4) is 0 Å². The largest absolute Gasteiger partial charge is 0.489 e. The highest BCUT2D eigenvalue weighted by Gasteiger charge is 2.35. The third kappa shape index (κ3) is 4.98. The van der Waals surface area contributed by atoms with Crippen LogP contribution in [0.2, 0.25) is 0 Å². The lowest BCUT2D eigenvalue weighted by molar-refractivity contribution is -0.122. The van der Waals surface area contributed by atoms with E-state index in [2.05, 4.69) is 11.9 Å². The first kappa shape index (κ1) is 24.0. The molecule has 0 aliphatic carbocycles. The number of anilines is 1. The molecule has 2 amide bonds. The standard InChI is InChI=1S/C30H22N2O4S/c1-2-18-35-27-17-12-20-8-6-7-11-24(20)25(27)19-26-28(33)31-30(37)32(29(26)34)21-13-15-23(16-14-21)36-22-9-4-3-5-10-22/h2-17,19H,1,18H2,(H,31,33,37)/b26-19+. The molecule has 0 radical (unpaired) electrons. The van der Waals surface area contributed by atoms with Gasteiger partial charge >= 0.3 is 0 Å². The average molecular weight is 507 g/mol. The summed E-state index contributed by atoms with van der Waals surface area (Å²) in [6.45, 7) is 3.98. The van der Waals surface area contributed by atoms with E-state index in [1.165, 1.54) is 4.90 Å². The molecule has 1 heterocycles. The van der Waals surface area contributed by atoms with Crippen LogP contribution < -0.4 is 19.7 Å². The SMILES string of the molecule is C=CCOc1ccc2ccccc2c1/C=C1\C(=O)NC(=S)N(c2ccc(Oc3ccccc3)cc2)C1=O. The molecule has 0 saturated carbocycles. The van der Waals surface area contributed by atoms with E-state index in [-0.39, 0.29) is 17.3 Å². The Morgan fingerprint density at radius 3 is 2.32 bits per heavy atom. The van der Waals surface area contributed by atoms with Gasteiger partial charge in [0.25, 0.3) is 11.8 Å². The first-order valence-corrected chi connectivity index (χ1v) is 12.0. The fourth-order valence-corrected chi connectivity index (χ4v) is 4.30. The van der Waals surface area contributed by atoms with Gasteiger partial charge in [-0.05, 0) is 71.5 Å². The van der Waals surface area contributed by atoms with Crippen molar-refractivity contribution < 1.29 is 19.1 Å². The highest BCUT2D eigenvalue weighted by Crippen LogP contribution is 2.32.